The first-order valence-electron chi connectivity index (χ1n) is 11.4. The van der Waals surface area contributed by atoms with Crippen LogP contribution in [-0.4, -0.2) is 98.2 Å². The van der Waals surface area contributed by atoms with E-state index in [4.69, 9.17) is 9.73 Å². The predicted octanol–water partition coefficient (Wildman–Crippen LogP) is 1.40. The van der Waals surface area contributed by atoms with Gasteiger partial charge in [0.1, 0.15) is 0 Å². The number of likely N-dealkylation sites (tertiary alicyclic amines) is 2. The van der Waals surface area contributed by atoms with Gasteiger partial charge in [0.2, 0.25) is 5.91 Å². The van der Waals surface area contributed by atoms with Gasteiger partial charge < -0.3 is 19.9 Å². The molecule has 1 unspecified atom stereocenters. The van der Waals surface area contributed by atoms with E-state index in [0.717, 1.165) is 64.6 Å². The molecular formula is C21H39N5O2. The monoisotopic (exact) mass is 393 g/mol. The minimum atomic E-state index is 0.158. The van der Waals surface area contributed by atoms with Gasteiger partial charge in [-0.1, -0.05) is 13.3 Å². The second kappa shape index (κ2) is 11.0. The van der Waals surface area contributed by atoms with E-state index >= 15 is 0 Å². The van der Waals surface area contributed by atoms with Crippen molar-refractivity contribution in [3.05, 3.63) is 0 Å². The number of rotatable bonds is 5. The van der Waals surface area contributed by atoms with Gasteiger partial charge in [-0.15, -0.1) is 0 Å². The molecule has 3 aliphatic heterocycles. The number of piperidine rings is 2. The van der Waals surface area contributed by atoms with Crippen molar-refractivity contribution in [3.8, 4) is 0 Å². The number of guanidine groups is 1. The molecule has 160 valence electrons. The Morgan fingerprint density at radius 2 is 1.75 bits per heavy atom. The molecule has 3 saturated heterocycles. The highest BCUT2D eigenvalue weighted by atomic mass is 16.5. The number of hydrogen-bond acceptors (Lipinski definition) is 4. The van der Waals surface area contributed by atoms with Gasteiger partial charge in [0.25, 0.3) is 0 Å². The Hall–Kier alpha value is -1.34. The summed E-state index contributed by atoms with van der Waals surface area (Å²) < 4.78 is 5.38. The van der Waals surface area contributed by atoms with Gasteiger partial charge in [-0.05, 0) is 45.7 Å². The maximum atomic E-state index is 12.8. The number of hydrogen-bond donors (Lipinski definition) is 1. The number of carbonyl (C=O) groups excluding carboxylic acids is 1. The second-order valence-corrected chi connectivity index (χ2v) is 8.17. The van der Waals surface area contributed by atoms with Crippen molar-refractivity contribution in [1.29, 1.82) is 0 Å². The van der Waals surface area contributed by atoms with Gasteiger partial charge in [0.15, 0.2) is 5.96 Å². The first-order chi connectivity index (χ1) is 13.7. The number of likely N-dealkylation sites (N-methyl/N-ethyl adjacent to an activating group) is 1. The standard InChI is InChI=1S/C21H39N5O2/c1-3-22-21(23-17-19-7-5-6-10-24(19)4-2)26-11-8-18(9-12-26)20(27)25-13-15-28-16-14-25/h18-19H,3-17H2,1-2H3,(H,22,23). The molecule has 1 atom stereocenters. The molecule has 0 aromatic carbocycles. The molecule has 1 N–H and O–H groups in total. The summed E-state index contributed by atoms with van der Waals surface area (Å²) in [5.74, 6) is 1.51. The highest BCUT2D eigenvalue weighted by Crippen LogP contribution is 2.21. The van der Waals surface area contributed by atoms with Crippen molar-refractivity contribution in [1.82, 2.24) is 20.0 Å². The summed E-state index contributed by atoms with van der Waals surface area (Å²) in [6.45, 7) is 13.1. The summed E-state index contributed by atoms with van der Waals surface area (Å²) in [6.07, 6.45) is 5.74. The number of nitrogens with one attached hydrogen (secondary N) is 1. The summed E-state index contributed by atoms with van der Waals surface area (Å²) >= 11 is 0. The first-order valence-corrected chi connectivity index (χ1v) is 11.4. The van der Waals surface area contributed by atoms with Crippen LogP contribution in [0.2, 0.25) is 0 Å². The Kier molecular flexibility index (Phi) is 8.40. The molecular weight excluding hydrogens is 354 g/mol. The first kappa shape index (κ1) is 21.4. The molecule has 3 rings (SSSR count). The second-order valence-electron chi connectivity index (χ2n) is 8.17. The SMILES string of the molecule is CCNC(=NCC1CCCCN1CC)N1CCC(C(=O)N2CCOCC2)CC1. The van der Waals surface area contributed by atoms with Crippen molar-refractivity contribution in [3.63, 3.8) is 0 Å². The summed E-state index contributed by atoms with van der Waals surface area (Å²) in [7, 11) is 0. The summed E-state index contributed by atoms with van der Waals surface area (Å²) in [4.78, 5) is 24.7. The highest BCUT2D eigenvalue weighted by molar-refractivity contribution is 5.82. The zero-order valence-corrected chi connectivity index (χ0v) is 17.9. The molecule has 0 spiro atoms. The molecule has 3 heterocycles. The van der Waals surface area contributed by atoms with Gasteiger partial charge in [-0.3, -0.25) is 14.7 Å². The lowest BCUT2D eigenvalue weighted by atomic mass is 9.95. The third-order valence-electron chi connectivity index (χ3n) is 6.41. The Bertz CT molecular complexity index is 513. The van der Waals surface area contributed by atoms with Crippen LogP contribution in [0.3, 0.4) is 0 Å². The van der Waals surface area contributed by atoms with Crippen LogP contribution in [0.25, 0.3) is 0 Å². The van der Waals surface area contributed by atoms with Crippen LogP contribution in [0.5, 0.6) is 0 Å². The predicted molar refractivity (Wildman–Crippen MR) is 113 cm³/mol. The van der Waals surface area contributed by atoms with Gasteiger partial charge in [-0.25, -0.2) is 0 Å². The Balaban J connectivity index is 1.52. The van der Waals surface area contributed by atoms with Crippen LogP contribution in [-0.2, 0) is 9.53 Å². The fraction of sp³-hybridized carbons (Fsp3) is 0.905. The summed E-state index contributed by atoms with van der Waals surface area (Å²) in [6, 6.07) is 0.577. The zero-order valence-electron chi connectivity index (χ0n) is 17.9. The number of nitrogens with zero attached hydrogens (tertiary/aromatic N) is 4. The molecule has 1 amide bonds. The molecule has 0 aliphatic carbocycles. The third kappa shape index (κ3) is 5.60. The van der Waals surface area contributed by atoms with Crippen LogP contribution in [0.1, 0.15) is 46.0 Å². The smallest absolute Gasteiger partial charge is 0.225 e. The lowest BCUT2D eigenvalue weighted by Gasteiger charge is -2.37. The van der Waals surface area contributed by atoms with Crippen LogP contribution in [0, 0.1) is 5.92 Å². The van der Waals surface area contributed by atoms with Crippen LogP contribution >= 0.6 is 0 Å². The summed E-state index contributed by atoms with van der Waals surface area (Å²) in [5.41, 5.74) is 0. The zero-order chi connectivity index (χ0) is 19.8. The normalized spacial score (nSPS) is 25.8. The van der Waals surface area contributed by atoms with E-state index in [2.05, 4.69) is 29.0 Å². The Labute approximate surface area is 170 Å². The highest BCUT2D eigenvalue weighted by Gasteiger charge is 2.30. The van der Waals surface area contributed by atoms with Crippen molar-refractivity contribution >= 4 is 11.9 Å². The minimum absolute atomic E-state index is 0.158. The van der Waals surface area contributed by atoms with Crippen molar-refractivity contribution in [2.24, 2.45) is 10.9 Å². The summed E-state index contributed by atoms with van der Waals surface area (Å²) in [5, 5.41) is 3.48. The van der Waals surface area contributed by atoms with Gasteiger partial charge in [0, 0.05) is 44.7 Å². The van der Waals surface area contributed by atoms with Crippen LogP contribution in [0.15, 0.2) is 4.99 Å². The largest absolute Gasteiger partial charge is 0.378 e. The van der Waals surface area contributed by atoms with Crippen molar-refractivity contribution in [2.45, 2.75) is 52.0 Å². The van der Waals surface area contributed by atoms with E-state index in [-0.39, 0.29) is 5.92 Å². The Morgan fingerprint density at radius 1 is 1.00 bits per heavy atom. The van der Waals surface area contributed by atoms with E-state index in [9.17, 15) is 4.79 Å². The van der Waals surface area contributed by atoms with Crippen LogP contribution in [0.4, 0.5) is 0 Å². The van der Waals surface area contributed by atoms with E-state index in [1.807, 2.05) is 4.90 Å². The van der Waals surface area contributed by atoms with Gasteiger partial charge in [0.05, 0.1) is 19.8 Å². The van der Waals surface area contributed by atoms with E-state index in [1.165, 1.54) is 25.8 Å². The van der Waals surface area contributed by atoms with E-state index in [0.29, 0.717) is 25.2 Å². The number of aliphatic imine (C=N–C) groups is 1. The fourth-order valence-electron chi connectivity index (χ4n) is 4.68. The molecule has 0 aromatic heterocycles. The quantitative estimate of drug-likeness (QED) is 0.565. The van der Waals surface area contributed by atoms with Gasteiger partial charge >= 0.3 is 0 Å². The lowest BCUT2D eigenvalue weighted by molar-refractivity contribution is -0.140. The average molecular weight is 394 g/mol. The number of amides is 1. The maximum absolute atomic E-state index is 12.8. The topological polar surface area (TPSA) is 60.4 Å². The molecule has 0 saturated carbocycles. The molecule has 0 aromatic rings. The van der Waals surface area contributed by atoms with Crippen LogP contribution < -0.4 is 5.32 Å². The van der Waals surface area contributed by atoms with E-state index in [1.54, 1.807) is 0 Å². The minimum Gasteiger partial charge on any atom is -0.378 e. The molecule has 0 radical (unpaired) electrons. The van der Waals surface area contributed by atoms with E-state index < -0.39 is 0 Å². The molecule has 0 bridgehead atoms. The average Bonchev–Trinajstić information content (AvgIpc) is 2.77. The third-order valence-corrected chi connectivity index (χ3v) is 6.41. The number of morpholine rings is 1. The van der Waals surface area contributed by atoms with Crippen molar-refractivity contribution in [2.75, 3.05) is 65.6 Å². The van der Waals surface area contributed by atoms with Gasteiger partial charge in [-0.2, -0.15) is 0 Å². The Morgan fingerprint density at radius 3 is 2.43 bits per heavy atom. The number of ether oxygens (including phenoxy) is 1. The molecule has 7 nitrogen and oxygen atoms in total. The number of carbonyl (C=O) groups is 1. The molecule has 3 fully saturated rings. The lowest BCUT2D eigenvalue weighted by Crippen LogP contribution is -2.50. The maximum Gasteiger partial charge on any atom is 0.225 e. The molecule has 28 heavy (non-hydrogen) atoms. The fourth-order valence-corrected chi connectivity index (χ4v) is 4.68. The molecule has 3 aliphatic rings. The molecule has 7 heteroatoms. The van der Waals surface area contributed by atoms with Crippen molar-refractivity contribution < 1.29 is 9.53 Å².